The number of anilines is 1. The molecule has 30 heavy (non-hydrogen) atoms. The molecule has 0 aliphatic carbocycles. The summed E-state index contributed by atoms with van der Waals surface area (Å²) in [4.78, 5) is 23.7. The van der Waals surface area contributed by atoms with Crippen molar-refractivity contribution in [3.8, 4) is 11.5 Å². The van der Waals surface area contributed by atoms with Crippen molar-refractivity contribution in [3.05, 3.63) is 94.0 Å². The minimum Gasteiger partial charge on any atom is -0.493 e. The summed E-state index contributed by atoms with van der Waals surface area (Å²) in [5.74, 6) is 0.928. The second-order valence-electron chi connectivity index (χ2n) is 6.61. The van der Waals surface area contributed by atoms with Crippen LogP contribution in [-0.4, -0.2) is 24.9 Å². The summed E-state index contributed by atoms with van der Waals surface area (Å²) in [6.07, 6.45) is 0.155. The van der Waals surface area contributed by atoms with Crippen LogP contribution >= 0.6 is 0 Å². The quantitative estimate of drug-likeness (QED) is 0.304. The van der Waals surface area contributed by atoms with E-state index < -0.39 is 4.92 Å². The van der Waals surface area contributed by atoms with E-state index in [0.29, 0.717) is 22.7 Å². The average Bonchev–Trinajstić information content (AvgIpc) is 2.78. The van der Waals surface area contributed by atoms with Crippen molar-refractivity contribution in [1.82, 2.24) is 0 Å². The highest BCUT2D eigenvalue weighted by Crippen LogP contribution is 2.30. The highest BCUT2D eigenvalue weighted by Gasteiger charge is 2.19. The molecule has 1 atom stereocenters. The lowest BCUT2D eigenvalue weighted by molar-refractivity contribution is -0.384. The molecule has 0 heterocycles. The molecule has 3 aromatic carbocycles. The molecule has 0 aliphatic heterocycles. The number of nitro groups is 1. The third kappa shape index (κ3) is 4.94. The van der Waals surface area contributed by atoms with Gasteiger partial charge in [-0.15, -0.1) is 0 Å². The lowest BCUT2D eigenvalue weighted by Crippen LogP contribution is -2.16. The Morgan fingerprint density at radius 1 is 0.967 bits per heavy atom. The van der Waals surface area contributed by atoms with Gasteiger partial charge in [-0.25, -0.2) is 0 Å². The van der Waals surface area contributed by atoms with Gasteiger partial charge in [-0.1, -0.05) is 36.4 Å². The Morgan fingerprint density at radius 3 is 2.37 bits per heavy atom. The van der Waals surface area contributed by atoms with Gasteiger partial charge in [-0.3, -0.25) is 14.9 Å². The number of benzene rings is 3. The number of non-ortho nitro benzene ring substituents is 1. The number of Topliss-reactive ketones (excluding diaryl/α,β-unsaturated/α-hetero) is 1. The zero-order valence-corrected chi connectivity index (χ0v) is 16.7. The fraction of sp³-hybridized carbons (Fsp3) is 0.174. The van der Waals surface area contributed by atoms with Gasteiger partial charge in [0.1, 0.15) is 0 Å². The van der Waals surface area contributed by atoms with Crippen molar-refractivity contribution < 1.29 is 19.2 Å². The Morgan fingerprint density at radius 2 is 1.70 bits per heavy atom. The van der Waals surface area contributed by atoms with Crippen LogP contribution in [0.4, 0.5) is 11.4 Å². The van der Waals surface area contributed by atoms with Crippen LogP contribution in [0.2, 0.25) is 0 Å². The normalized spacial score (nSPS) is 11.4. The van der Waals surface area contributed by atoms with E-state index in [1.807, 2.05) is 30.3 Å². The largest absolute Gasteiger partial charge is 0.493 e. The molecule has 0 amide bonds. The number of nitrogens with zero attached hydrogens (tertiary/aromatic N) is 1. The van der Waals surface area contributed by atoms with E-state index in [1.165, 1.54) is 26.4 Å². The maximum Gasteiger partial charge on any atom is 0.271 e. The van der Waals surface area contributed by atoms with Gasteiger partial charge in [-0.05, 0) is 29.8 Å². The van der Waals surface area contributed by atoms with E-state index in [2.05, 4.69) is 5.32 Å². The number of carbonyl (C=O) groups is 1. The molecule has 0 bridgehead atoms. The molecule has 1 unspecified atom stereocenters. The van der Waals surface area contributed by atoms with E-state index in [-0.39, 0.29) is 23.9 Å². The number of nitro benzene ring substituents is 1. The lowest BCUT2D eigenvalue weighted by Gasteiger charge is -2.20. The Hall–Kier alpha value is -3.87. The van der Waals surface area contributed by atoms with E-state index in [1.54, 1.807) is 30.3 Å². The number of methoxy groups -OCH3 is 2. The first-order valence-corrected chi connectivity index (χ1v) is 9.33. The van der Waals surface area contributed by atoms with E-state index in [9.17, 15) is 14.9 Å². The average molecular weight is 406 g/mol. The van der Waals surface area contributed by atoms with Gasteiger partial charge < -0.3 is 14.8 Å². The molecule has 3 aromatic rings. The minimum atomic E-state index is -0.447. The standard InChI is InChI=1S/C23H22N2O5/c1-29-22-12-11-17(13-23(22)30-2)21(26)15-20(16-7-4-3-5-8-16)24-18-9-6-10-19(14-18)25(27)28/h3-14,20,24H,15H2,1-2H3. The molecular weight excluding hydrogens is 384 g/mol. The number of nitrogens with one attached hydrogen (secondary N) is 1. The van der Waals surface area contributed by atoms with Gasteiger partial charge in [0, 0.05) is 29.8 Å². The molecular formula is C23H22N2O5. The van der Waals surface area contributed by atoms with Crippen LogP contribution in [0.15, 0.2) is 72.8 Å². The van der Waals surface area contributed by atoms with Crippen LogP contribution in [0.1, 0.15) is 28.4 Å². The van der Waals surface area contributed by atoms with Crippen molar-refractivity contribution in [1.29, 1.82) is 0 Å². The van der Waals surface area contributed by atoms with Crippen LogP contribution in [0.25, 0.3) is 0 Å². The molecule has 3 rings (SSSR count). The highest BCUT2D eigenvalue weighted by atomic mass is 16.6. The number of hydrogen-bond acceptors (Lipinski definition) is 6. The van der Waals surface area contributed by atoms with Crippen molar-refractivity contribution in [2.24, 2.45) is 0 Å². The Kier molecular flexibility index (Phi) is 6.64. The Labute approximate surface area is 174 Å². The SMILES string of the molecule is COc1ccc(C(=O)CC(Nc2cccc([N+](=O)[O-])c2)c2ccccc2)cc1OC. The third-order valence-corrected chi connectivity index (χ3v) is 4.69. The molecule has 0 aliphatic rings. The second-order valence-corrected chi connectivity index (χ2v) is 6.61. The fourth-order valence-electron chi connectivity index (χ4n) is 3.16. The molecule has 1 N–H and O–H groups in total. The van der Waals surface area contributed by atoms with Crippen LogP contribution in [0, 0.1) is 10.1 Å². The number of ketones is 1. The molecule has 0 saturated carbocycles. The summed E-state index contributed by atoms with van der Waals surface area (Å²) >= 11 is 0. The molecule has 7 heteroatoms. The topological polar surface area (TPSA) is 90.7 Å². The summed E-state index contributed by atoms with van der Waals surface area (Å²) in [5, 5.41) is 14.3. The fourth-order valence-corrected chi connectivity index (χ4v) is 3.16. The maximum atomic E-state index is 13.0. The predicted molar refractivity (Wildman–Crippen MR) is 114 cm³/mol. The van der Waals surface area contributed by atoms with Crippen molar-refractivity contribution in [2.75, 3.05) is 19.5 Å². The Balaban J connectivity index is 1.87. The van der Waals surface area contributed by atoms with E-state index >= 15 is 0 Å². The summed E-state index contributed by atoms with van der Waals surface area (Å²) in [6.45, 7) is 0. The molecule has 0 fully saturated rings. The van der Waals surface area contributed by atoms with Crippen molar-refractivity contribution in [3.63, 3.8) is 0 Å². The smallest absolute Gasteiger partial charge is 0.271 e. The van der Waals surface area contributed by atoms with Crippen LogP contribution < -0.4 is 14.8 Å². The maximum absolute atomic E-state index is 13.0. The predicted octanol–water partition coefficient (Wildman–Crippen LogP) is 5.04. The zero-order chi connectivity index (χ0) is 21.5. The second kappa shape index (κ2) is 9.56. The van der Waals surface area contributed by atoms with Gasteiger partial charge in [0.05, 0.1) is 25.2 Å². The molecule has 0 aromatic heterocycles. The van der Waals surface area contributed by atoms with E-state index in [0.717, 1.165) is 5.56 Å². The summed E-state index contributed by atoms with van der Waals surface area (Å²) in [5.41, 5.74) is 1.95. The summed E-state index contributed by atoms with van der Waals surface area (Å²) in [7, 11) is 3.05. The van der Waals surface area contributed by atoms with Gasteiger partial charge in [0.15, 0.2) is 17.3 Å². The van der Waals surface area contributed by atoms with Gasteiger partial charge in [0.2, 0.25) is 0 Å². The van der Waals surface area contributed by atoms with Gasteiger partial charge in [-0.2, -0.15) is 0 Å². The first kappa shape index (κ1) is 20.9. The minimum absolute atomic E-state index is 0.0157. The highest BCUT2D eigenvalue weighted by molar-refractivity contribution is 5.97. The monoisotopic (exact) mass is 406 g/mol. The molecule has 7 nitrogen and oxygen atoms in total. The number of ether oxygens (including phenoxy) is 2. The van der Waals surface area contributed by atoms with E-state index in [4.69, 9.17) is 9.47 Å². The van der Waals surface area contributed by atoms with Crippen LogP contribution in [0.3, 0.4) is 0 Å². The molecule has 0 spiro atoms. The zero-order valence-electron chi connectivity index (χ0n) is 16.7. The summed E-state index contributed by atoms with van der Waals surface area (Å²) < 4.78 is 10.5. The Bertz CT molecular complexity index is 1040. The van der Waals surface area contributed by atoms with Gasteiger partial charge in [0.25, 0.3) is 5.69 Å². The van der Waals surface area contributed by atoms with Crippen LogP contribution in [0.5, 0.6) is 11.5 Å². The number of carbonyl (C=O) groups excluding carboxylic acids is 1. The molecule has 0 radical (unpaired) electrons. The van der Waals surface area contributed by atoms with Crippen LogP contribution in [-0.2, 0) is 0 Å². The van der Waals surface area contributed by atoms with Crippen molar-refractivity contribution >= 4 is 17.2 Å². The summed E-state index contributed by atoms with van der Waals surface area (Å²) in [6, 6.07) is 20.4. The first-order chi connectivity index (χ1) is 14.5. The van der Waals surface area contributed by atoms with Crippen molar-refractivity contribution in [2.45, 2.75) is 12.5 Å². The number of rotatable bonds is 9. The first-order valence-electron chi connectivity index (χ1n) is 9.33. The molecule has 0 saturated heterocycles. The number of hydrogen-bond donors (Lipinski definition) is 1. The lowest BCUT2D eigenvalue weighted by atomic mass is 9.97. The third-order valence-electron chi connectivity index (χ3n) is 4.69. The van der Waals surface area contributed by atoms with Gasteiger partial charge >= 0.3 is 0 Å². The molecule has 154 valence electrons.